The normalized spacial score (nSPS) is 21.3. The number of carbonyl (C=O) groups is 1. The number of fused-ring (bicyclic) bond motifs is 2. The summed E-state index contributed by atoms with van der Waals surface area (Å²) in [5, 5.41) is 1.08. The molecule has 27 heavy (non-hydrogen) atoms. The largest absolute Gasteiger partial charge is 0.454 e. The summed E-state index contributed by atoms with van der Waals surface area (Å²) in [4.78, 5) is 20.6. The van der Waals surface area contributed by atoms with Crippen molar-refractivity contribution in [1.82, 2.24) is 9.88 Å². The Morgan fingerprint density at radius 3 is 2.59 bits per heavy atom. The zero-order chi connectivity index (χ0) is 18.6. The molecule has 3 aliphatic heterocycles. The van der Waals surface area contributed by atoms with Crippen molar-refractivity contribution in [1.29, 1.82) is 0 Å². The van der Waals surface area contributed by atoms with Gasteiger partial charge < -0.3 is 24.0 Å². The maximum atomic E-state index is 11.7. The Balaban J connectivity index is 1.44. The molecule has 2 saturated heterocycles. The minimum absolute atomic E-state index is 0.0647. The first-order valence-corrected chi connectivity index (χ1v) is 9.37. The number of amides is 1. The van der Waals surface area contributed by atoms with Crippen LogP contribution in [0.15, 0.2) is 18.2 Å². The van der Waals surface area contributed by atoms with E-state index in [1.807, 2.05) is 26.1 Å². The number of anilines is 1. The molecule has 3 aliphatic rings. The number of carbonyl (C=O) groups excluding carboxylic acids is 1. The number of piperidine rings is 1. The fraction of sp³-hybridized carbons (Fsp3) is 0.500. The van der Waals surface area contributed by atoms with Crippen LogP contribution in [0.1, 0.15) is 18.5 Å². The summed E-state index contributed by atoms with van der Waals surface area (Å²) in [6.45, 7) is 4.91. The van der Waals surface area contributed by atoms with E-state index in [9.17, 15) is 4.79 Å². The lowest BCUT2D eigenvalue weighted by molar-refractivity contribution is -0.164. The van der Waals surface area contributed by atoms with E-state index in [0.29, 0.717) is 6.54 Å². The summed E-state index contributed by atoms with van der Waals surface area (Å²) >= 11 is 0. The number of rotatable bonds is 1. The van der Waals surface area contributed by atoms with E-state index < -0.39 is 0 Å². The van der Waals surface area contributed by atoms with Crippen molar-refractivity contribution >= 4 is 22.5 Å². The van der Waals surface area contributed by atoms with E-state index in [-0.39, 0.29) is 24.9 Å². The average Bonchev–Trinajstić information content (AvgIpc) is 3.11. The number of hydrogen-bond acceptors (Lipinski definition) is 6. The van der Waals surface area contributed by atoms with Gasteiger partial charge in [-0.1, -0.05) is 0 Å². The maximum Gasteiger partial charge on any atom is 0.248 e. The molecule has 5 rings (SSSR count). The first-order chi connectivity index (χ1) is 13.0. The molecular formula is C20H23N3O4. The van der Waals surface area contributed by atoms with Crippen LogP contribution in [0.3, 0.4) is 0 Å². The summed E-state index contributed by atoms with van der Waals surface area (Å²) in [7, 11) is 1.86. The van der Waals surface area contributed by atoms with Gasteiger partial charge >= 0.3 is 0 Å². The Morgan fingerprint density at radius 2 is 1.85 bits per heavy atom. The fourth-order valence-corrected chi connectivity index (χ4v) is 4.34. The van der Waals surface area contributed by atoms with Crippen LogP contribution in [0, 0.1) is 6.92 Å². The molecule has 4 heterocycles. The van der Waals surface area contributed by atoms with Crippen LogP contribution in [0.25, 0.3) is 10.9 Å². The Morgan fingerprint density at radius 1 is 1.11 bits per heavy atom. The lowest BCUT2D eigenvalue weighted by atomic mass is 9.89. The minimum Gasteiger partial charge on any atom is -0.454 e. The van der Waals surface area contributed by atoms with E-state index in [0.717, 1.165) is 54.0 Å². The van der Waals surface area contributed by atoms with Crippen LogP contribution in [-0.2, 0) is 9.53 Å². The fourth-order valence-electron chi connectivity index (χ4n) is 4.34. The predicted octanol–water partition coefficient (Wildman–Crippen LogP) is 2.10. The van der Waals surface area contributed by atoms with Crippen molar-refractivity contribution in [3.05, 3.63) is 23.9 Å². The van der Waals surface area contributed by atoms with Crippen molar-refractivity contribution in [3.63, 3.8) is 0 Å². The highest BCUT2D eigenvalue weighted by Crippen LogP contribution is 2.40. The number of aromatic nitrogens is 1. The zero-order valence-corrected chi connectivity index (χ0v) is 15.7. The van der Waals surface area contributed by atoms with Gasteiger partial charge in [0.2, 0.25) is 12.7 Å². The number of ether oxygens (including phenoxy) is 3. The summed E-state index contributed by atoms with van der Waals surface area (Å²) in [6.07, 6.45) is 1.80. The Labute approximate surface area is 157 Å². The number of likely N-dealkylation sites (N-methyl/N-ethyl adjacent to an activating group) is 1. The lowest BCUT2D eigenvalue weighted by Crippen LogP contribution is -2.57. The molecule has 7 heteroatoms. The SMILES string of the molecule is Cc1cc(N2CCC3(CC2)CN(C)C(=O)CO3)c2cc3c(cc2n1)OCO3. The topological polar surface area (TPSA) is 64.1 Å². The Hall–Kier alpha value is -2.54. The molecule has 2 fully saturated rings. The van der Waals surface area contributed by atoms with Gasteiger partial charge in [0.15, 0.2) is 11.5 Å². The van der Waals surface area contributed by atoms with E-state index in [1.165, 1.54) is 5.69 Å². The maximum absolute atomic E-state index is 11.7. The number of aryl methyl sites for hydroxylation is 1. The molecule has 1 aromatic carbocycles. The van der Waals surface area contributed by atoms with Crippen molar-refractivity contribution < 1.29 is 19.0 Å². The number of nitrogens with zero attached hydrogens (tertiary/aromatic N) is 3. The van der Waals surface area contributed by atoms with Gasteiger partial charge in [-0.2, -0.15) is 0 Å². The van der Waals surface area contributed by atoms with Crippen LogP contribution in [0.2, 0.25) is 0 Å². The third-order valence-electron chi connectivity index (χ3n) is 5.88. The molecule has 0 radical (unpaired) electrons. The molecule has 0 atom stereocenters. The van der Waals surface area contributed by atoms with Gasteiger partial charge in [0.1, 0.15) is 6.61 Å². The number of hydrogen-bond donors (Lipinski definition) is 0. The van der Waals surface area contributed by atoms with Crippen LogP contribution < -0.4 is 14.4 Å². The smallest absolute Gasteiger partial charge is 0.248 e. The van der Waals surface area contributed by atoms with Crippen molar-refractivity contribution in [2.45, 2.75) is 25.4 Å². The monoisotopic (exact) mass is 369 g/mol. The third-order valence-corrected chi connectivity index (χ3v) is 5.88. The Kier molecular flexibility index (Phi) is 3.69. The highest BCUT2D eigenvalue weighted by Gasteiger charge is 2.41. The summed E-state index contributed by atoms with van der Waals surface area (Å²) in [6, 6.07) is 6.14. The number of pyridine rings is 1. The summed E-state index contributed by atoms with van der Waals surface area (Å²) in [5.41, 5.74) is 2.87. The van der Waals surface area contributed by atoms with Crippen molar-refractivity contribution in [3.8, 4) is 11.5 Å². The number of morpholine rings is 1. The lowest BCUT2D eigenvalue weighted by Gasteiger charge is -2.46. The summed E-state index contributed by atoms with van der Waals surface area (Å²) in [5.74, 6) is 1.60. The van der Waals surface area contributed by atoms with Gasteiger partial charge in [0.25, 0.3) is 0 Å². The first-order valence-electron chi connectivity index (χ1n) is 9.37. The van der Waals surface area contributed by atoms with Gasteiger partial charge in [-0.15, -0.1) is 0 Å². The predicted molar refractivity (Wildman–Crippen MR) is 100 cm³/mol. The standard InChI is InChI=1S/C20H23N3O4/c1-13-7-16(14-8-17-18(26-12-25-17)9-15(14)21-13)23-5-3-20(4-6-23)11-22(2)19(24)10-27-20/h7-9H,3-6,10-12H2,1-2H3. The van der Waals surface area contributed by atoms with Gasteiger partial charge in [-0.3, -0.25) is 9.78 Å². The molecule has 0 saturated carbocycles. The molecule has 0 unspecified atom stereocenters. The molecule has 7 nitrogen and oxygen atoms in total. The Bertz CT molecular complexity index is 921. The molecular weight excluding hydrogens is 346 g/mol. The van der Waals surface area contributed by atoms with Crippen molar-refractivity contribution in [2.24, 2.45) is 0 Å². The highest BCUT2D eigenvalue weighted by atomic mass is 16.7. The van der Waals surface area contributed by atoms with Crippen LogP contribution in [-0.4, -0.2) is 61.5 Å². The second-order valence-corrected chi connectivity index (χ2v) is 7.71. The molecule has 1 amide bonds. The molecule has 0 bridgehead atoms. The van der Waals surface area contributed by atoms with Crippen molar-refractivity contribution in [2.75, 3.05) is 45.0 Å². The van der Waals surface area contributed by atoms with Crippen LogP contribution in [0.4, 0.5) is 5.69 Å². The van der Waals surface area contributed by atoms with Gasteiger partial charge in [0, 0.05) is 49.5 Å². The van der Waals surface area contributed by atoms with Crippen LogP contribution >= 0.6 is 0 Å². The van der Waals surface area contributed by atoms with Gasteiger partial charge in [0.05, 0.1) is 11.1 Å². The van der Waals surface area contributed by atoms with E-state index in [2.05, 4.69) is 16.0 Å². The second kappa shape index (κ2) is 5.99. The average molecular weight is 369 g/mol. The number of benzene rings is 1. The first kappa shape index (κ1) is 16.6. The van der Waals surface area contributed by atoms with Crippen LogP contribution in [0.5, 0.6) is 11.5 Å². The molecule has 1 aromatic heterocycles. The quantitative estimate of drug-likeness (QED) is 0.767. The summed E-state index contributed by atoms with van der Waals surface area (Å²) < 4.78 is 17.0. The molecule has 0 aliphatic carbocycles. The molecule has 0 N–H and O–H groups in total. The molecule has 1 spiro atoms. The van der Waals surface area contributed by atoms with E-state index >= 15 is 0 Å². The molecule has 2 aromatic rings. The molecule has 142 valence electrons. The van der Waals surface area contributed by atoms with E-state index in [1.54, 1.807) is 4.90 Å². The van der Waals surface area contributed by atoms with E-state index in [4.69, 9.17) is 14.2 Å². The van der Waals surface area contributed by atoms with Gasteiger partial charge in [-0.05, 0) is 31.9 Å². The second-order valence-electron chi connectivity index (χ2n) is 7.71. The highest BCUT2D eigenvalue weighted by molar-refractivity contribution is 5.94. The van der Waals surface area contributed by atoms with Gasteiger partial charge in [-0.25, -0.2) is 0 Å². The third kappa shape index (κ3) is 2.77. The minimum atomic E-state index is -0.213. The zero-order valence-electron chi connectivity index (χ0n) is 15.7.